The Morgan fingerprint density at radius 2 is 1.68 bits per heavy atom. The molecule has 1 unspecified atom stereocenters. The van der Waals surface area contributed by atoms with Crippen molar-refractivity contribution < 1.29 is 8.78 Å². The molecule has 1 fully saturated rings. The number of allylic oxidation sites excluding steroid dienone is 4. The molecule has 0 aromatic carbocycles. The van der Waals surface area contributed by atoms with Crippen molar-refractivity contribution in [3.63, 3.8) is 0 Å². The molecule has 1 saturated carbocycles. The molecular formula is C20H32F2. The molecule has 0 aromatic heterocycles. The van der Waals surface area contributed by atoms with Crippen molar-refractivity contribution in [2.45, 2.75) is 84.5 Å². The molecule has 2 heteroatoms. The Bertz CT molecular complexity index is 400. The first kappa shape index (κ1) is 17.7. The van der Waals surface area contributed by atoms with Crippen LogP contribution in [0.1, 0.15) is 84.5 Å². The minimum atomic E-state index is -0.515. The smallest absolute Gasteiger partial charge is 0.158 e. The summed E-state index contributed by atoms with van der Waals surface area (Å²) in [5.41, 5.74) is 0.692. The Balaban J connectivity index is 1.86. The Morgan fingerprint density at radius 3 is 2.32 bits per heavy atom. The number of unbranched alkanes of at least 4 members (excludes halogenated alkanes) is 2. The molecule has 2 aliphatic carbocycles. The Kier molecular flexibility index (Phi) is 7.11. The molecule has 0 bridgehead atoms. The molecule has 1 atom stereocenters. The van der Waals surface area contributed by atoms with Gasteiger partial charge in [0, 0.05) is 5.92 Å². The van der Waals surface area contributed by atoms with Gasteiger partial charge in [0.1, 0.15) is 5.83 Å². The van der Waals surface area contributed by atoms with Crippen LogP contribution in [0, 0.1) is 17.8 Å². The summed E-state index contributed by atoms with van der Waals surface area (Å²) >= 11 is 0. The molecule has 126 valence electrons. The van der Waals surface area contributed by atoms with Gasteiger partial charge in [0.15, 0.2) is 5.83 Å². The van der Waals surface area contributed by atoms with Crippen LogP contribution in [0.3, 0.4) is 0 Å². The van der Waals surface area contributed by atoms with E-state index in [0.29, 0.717) is 12.0 Å². The van der Waals surface area contributed by atoms with Gasteiger partial charge in [-0.05, 0) is 55.9 Å². The highest BCUT2D eigenvalue weighted by atomic mass is 19.2. The summed E-state index contributed by atoms with van der Waals surface area (Å²) in [4.78, 5) is 0. The van der Waals surface area contributed by atoms with Crippen molar-refractivity contribution in [3.05, 3.63) is 23.3 Å². The van der Waals surface area contributed by atoms with Crippen LogP contribution in [0.5, 0.6) is 0 Å². The monoisotopic (exact) mass is 310 g/mol. The van der Waals surface area contributed by atoms with Gasteiger partial charge in [-0.1, -0.05) is 52.0 Å². The molecule has 2 aliphatic rings. The molecule has 22 heavy (non-hydrogen) atoms. The number of halogens is 2. The first-order valence-corrected chi connectivity index (χ1v) is 9.42. The zero-order chi connectivity index (χ0) is 15.9. The van der Waals surface area contributed by atoms with E-state index in [1.807, 2.05) is 13.0 Å². The van der Waals surface area contributed by atoms with Crippen molar-refractivity contribution >= 4 is 0 Å². The van der Waals surface area contributed by atoms with Crippen LogP contribution in [-0.2, 0) is 0 Å². The van der Waals surface area contributed by atoms with Gasteiger partial charge in [0.2, 0.25) is 0 Å². The van der Waals surface area contributed by atoms with Crippen molar-refractivity contribution in [1.29, 1.82) is 0 Å². The zero-order valence-electron chi connectivity index (χ0n) is 14.3. The van der Waals surface area contributed by atoms with Gasteiger partial charge in [-0.15, -0.1) is 0 Å². The lowest BCUT2D eigenvalue weighted by Gasteiger charge is -2.32. The number of hydrogen-bond acceptors (Lipinski definition) is 0. The quantitative estimate of drug-likeness (QED) is 0.434. The average molecular weight is 310 g/mol. The SMILES string of the molecule is CCCCCC1CCC(C2=CCC(CCC)C(F)=C2F)CC1. The third-order valence-corrected chi connectivity index (χ3v) is 5.58. The van der Waals surface area contributed by atoms with Crippen molar-refractivity contribution in [3.8, 4) is 0 Å². The third kappa shape index (κ3) is 4.43. The van der Waals surface area contributed by atoms with E-state index in [1.54, 1.807) is 0 Å². The van der Waals surface area contributed by atoms with Crippen LogP contribution < -0.4 is 0 Å². The molecule has 0 aliphatic heterocycles. The normalized spacial score (nSPS) is 29.6. The van der Waals surface area contributed by atoms with E-state index in [4.69, 9.17) is 0 Å². The molecule has 0 heterocycles. The summed E-state index contributed by atoms with van der Waals surface area (Å²) in [6.45, 7) is 4.27. The fourth-order valence-electron chi connectivity index (χ4n) is 4.16. The highest BCUT2D eigenvalue weighted by Gasteiger charge is 2.31. The lowest BCUT2D eigenvalue weighted by molar-refractivity contribution is 0.274. The summed E-state index contributed by atoms with van der Waals surface area (Å²) in [6.07, 6.45) is 14.1. The Hall–Kier alpha value is -0.660. The summed E-state index contributed by atoms with van der Waals surface area (Å²) in [7, 11) is 0. The standard InChI is InChI=1S/C20H32F2/c1-3-5-6-8-15-9-11-16(12-10-15)18-14-13-17(7-4-2)19(21)20(18)22/h14-17H,3-13H2,1-2H3. The van der Waals surface area contributed by atoms with Gasteiger partial charge in [-0.2, -0.15) is 0 Å². The third-order valence-electron chi connectivity index (χ3n) is 5.58. The van der Waals surface area contributed by atoms with Crippen LogP contribution in [0.2, 0.25) is 0 Å². The number of rotatable bonds is 7. The van der Waals surface area contributed by atoms with Gasteiger partial charge >= 0.3 is 0 Å². The lowest BCUT2D eigenvalue weighted by Crippen LogP contribution is -2.19. The fraction of sp³-hybridized carbons (Fsp3) is 0.800. The second kappa shape index (κ2) is 8.84. The maximum Gasteiger partial charge on any atom is 0.158 e. The van der Waals surface area contributed by atoms with E-state index in [1.165, 1.54) is 38.5 Å². The first-order chi connectivity index (χ1) is 10.7. The average Bonchev–Trinajstić information content (AvgIpc) is 2.53. The largest absolute Gasteiger partial charge is 0.208 e. The fourth-order valence-corrected chi connectivity index (χ4v) is 4.16. The molecule has 0 radical (unpaired) electrons. The summed E-state index contributed by atoms with van der Waals surface area (Å²) < 4.78 is 28.6. The highest BCUT2D eigenvalue weighted by molar-refractivity contribution is 5.34. The van der Waals surface area contributed by atoms with E-state index < -0.39 is 11.7 Å². The van der Waals surface area contributed by atoms with Crippen LogP contribution in [0.25, 0.3) is 0 Å². The van der Waals surface area contributed by atoms with Gasteiger partial charge < -0.3 is 0 Å². The predicted molar refractivity (Wildman–Crippen MR) is 89.9 cm³/mol. The molecule has 0 saturated heterocycles. The zero-order valence-corrected chi connectivity index (χ0v) is 14.3. The summed E-state index contributed by atoms with van der Waals surface area (Å²) in [5.74, 6) is -0.116. The van der Waals surface area contributed by atoms with Gasteiger partial charge in [0.05, 0.1) is 0 Å². The van der Waals surface area contributed by atoms with E-state index in [9.17, 15) is 8.78 Å². The molecule has 0 N–H and O–H groups in total. The predicted octanol–water partition coefficient (Wildman–Crippen LogP) is 7.27. The molecule has 0 nitrogen and oxygen atoms in total. The first-order valence-electron chi connectivity index (χ1n) is 9.42. The van der Waals surface area contributed by atoms with Crippen LogP contribution in [0.4, 0.5) is 8.78 Å². The summed E-state index contributed by atoms with van der Waals surface area (Å²) in [5, 5.41) is 0. The summed E-state index contributed by atoms with van der Waals surface area (Å²) in [6, 6.07) is 0. The molecular weight excluding hydrogens is 278 g/mol. The molecule has 0 amide bonds. The number of hydrogen-bond donors (Lipinski definition) is 0. The topological polar surface area (TPSA) is 0 Å². The van der Waals surface area contributed by atoms with Gasteiger partial charge in [-0.3, -0.25) is 0 Å². The Labute approximate surface area is 135 Å². The van der Waals surface area contributed by atoms with Crippen LogP contribution in [0.15, 0.2) is 23.3 Å². The van der Waals surface area contributed by atoms with Crippen LogP contribution in [-0.4, -0.2) is 0 Å². The van der Waals surface area contributed by atoms with Gasteiger partial charge in [-0.25, -0.2) is 8.78 Å². The minimum Gasteiger partial charge on any atom is -0.208 e. The molecule has 0 spiro atoms. The molecule has 0 aromatic rings. The van der Waals surface area contributed by atoms with E-state index in [2.05, 4.69) is 6.92 Å². The second-order valence-electron chi connectivity index (χ2n) is 7.26. The van der Waals surface area contributed by atoms with Gasteiger partial charge in [0.25, 0.3) is 0 Å². The van der Waals surface area contributed by atoms with Crippen molar-refractivity contribution in [2.24, 2.45) is 17.8 Å². The van der Waals surface area contributed by atoms with Crippen LogP contribution >= 0.6 is 0 Å². The maximum atomic E-state index is 14.4. The van der Waals surface area contributed by atoms with Crippen molar-refractivity contribution in [2.75, 3.05) is 0 Å². The van der Waals surface area contributed by atoms with Crippen molar-refractivity contribution in [1.82, 2.24) is 0 Å². The Morgan fingerprint density at radius 1 is 0.955 bits per heavy atom. The second-order valence-corrected chi connectivity index (χ2v) is 7.26. The molecule has 2 rings (SSSR count). The van der Waals surface area contributed by atoms with E-state index in [0.717, 1.165) is 31.6 Å². The van der Waals surface area contributed by atoms with E-state index in [-0.39, 0.29) is 11.8 Å². The lowest BCUT2D eigenvalue weighted by atomic mass is 9.74. The maximum absolute atomic E-state index is 14.4. The van der Waals surface area contributed by atoms with E-state index >= 15 is 0 Å². The highest BCUT2D eigenvalue weighted by Crippen LogP contribution is 2.43. The minimum absolute atomic E-state index is 0.209.